The summed E-state index contributed by atoms with van der Waals surface area (Å²) in [5.41, 5.74) is 1.42. The molecule has 0 bridgehead atoms. The first-order chi connectivity index (χ1) is 10.2. The first-order valence-corrected chi connectivity index (χ1v) is 8.75. The molecule has 0 amide bonds. The molecule has 1 aromatic carbocycles. The lowest BCUT2D eigenvalue weighted by molar-refractivity contribution is 0.130. The maximum atomic E-state index is 8.91. The summed E-state index contributed by atoms with van der Waals surface area (Å²) in [6.45, 7) is 2.36. The van der Waals surface area contributed by atoms with Crippen LogP contribution in [0, 0.1) is 5.92 Å². The van der Waals surface area contributed by atoms with E-state index in [1.807, 2.05) is 12.1 Å². The molecule has 0 spiro atoms. The molecule has 1 aliphatic carbocycles. The van der Waals surface area contributed by atoms with Gasteiger partial charge in [-0.1, -0.05) is 43.0 Å². The standard InChI is InChI=1S/C12H16ClN.C6H12O/c13-12-3-1-10(2-4-12)9-11-5-7-14-8-6-11;7-6-4-2-1-3-5-6/h1-4,11,14H,5-9H2;6-7H,1-5H2. The average Bonchev–Trinajstić information content (AvgIpc) is 2.52. The largest absolute Gasteiger partial charge is 0.393 e. The number of hydrogen-bond donors (Lipinski definition) is 2. The third-order valence-electron chi connectivity index (χ3n) is 4.47. The third kappa shape index (κ3) is 6.82. The SMILES string of the molecule is Clc1ccc(CC2CCNCC2)cc1.OC1CCCCC1. The highest BCUT2D eigenvalue weighted by molar-refractivity contribution is 6.30. The second-order valence-corrected chi connectivity index (χ2v) is 6.75. The van der Waals surface area contributed by atoms with Crippen molar-refractivity contribution >= 4 is 11.6 Å². The lowest BCUT2D eigenvalue weighted by atomic mass is 9.91. The molecule has 0 atom stereocenters. The molecule has 0 aromatic heterocycles. The first kappa shape index (κ1) is 16.8. The van der Waals surface area contributed by atoms with Crippen LogP contribution in [0.1, 0.15) is 50.5 Å². The van der Waals surface area contributed by atoms with E-state index in [1.54, 1.807) is 0 Å². The summed E-state index contributed by atoms with van der Waals surface area (Å²) in [6.07, 6.45) is 9.75. The minimum absolute atomic E-state index is 0.0359. The number of halogens is 1. The molecule has 118 valence electrons. The van der Waals surface area contributed by atoms with E-state index in [4.69, 9.17) is 16.7 Å². The third-order valence-corrected chi connectivity index (χ3v) is 4.72. The zero-order valence-electron chi connectivity index (χ0n) is 12.9. The van der Waals surface area contributed by atoms with Crippen molar-refractivity contribution in [3.63, 3.8) is 0 Å². The van der Waals surface area contributed by atoms with Crippen LogP contribution in [0.5, 0.6) is 0 Å². The van der Waals surface area contributed by atoms with Crippen LogP contribution >= 0.6 is 11.6 Å². The molecule has 1 saturated heterocycles. The highest BCUT2D eigenvalue weighted by Crippen LogP contribution is 2.19. The van der Waals surface area contributed by atoms with E-state index in [0.29, 0.717) is 0 Å². The number of nitrogens with one attached hydrogen (secondary N) is 1. The fourth-order valence-electron chi connectivity index (χ4n) is 3.12. The van der Waals surface area contributed by atoms with Crippen LogP contribution in [0.25, 0.3) is 0 Å². The van der Waals surface area contributed by atoms with Crippen molar-refractivity contribution < 1.29 is 5.11 Å². The summed E-state index contributed by atoms with van der Waals surface area (Å²) in [4.78, 5) is 0. The average molecular weight is 310 g/mol. The molecule has 1 aromatic rings. The minimum Gasteiger partial charge on any atom is -0.393 e. The molecule has 2 fully saturated rings. The van der Waals surface area contributed by atoms with Gasteiger partial charge in [-0.3, -0.25) is 0 Å². The van der Waals surface area contributed by atoms with Crippen molar-refractivity contribution in [2.45, 2.75) is 57.5 Å². The van der Waals surface area contributed by atoms with E-state index in [1.165, 1.54) is 57.2 Å². The van der Waals surface area contributed by atoms with Crippen LogP contribution in [0.2, 0.25) is 5.02 Å². The Labute approximate surface area is 133 Å². The smallest absolute Gasteiger partial charge is 0.0540 e. The second-order valence-electron chi connectivity index (χ2n) is 6.32. The summed E-state index contributed by atoms with van der Waals surface area (Å²) in [5.74, 6) is 0.859. The molecule has 3 heteroatoms. The van der Waals surface area contributed by atoms with Gasteiger partial charge in [-0.05, 0) is 68.8 Å². The summed E-state index contributed by atoms with van der Waals surface area (Å²) in [6, 6.07) is 8.25. The van der Waals surface area contributed by atoms with Crippen molar-refractivity contribution in [3.05, 3.63) is 34.9 Å². The number of benzene rings is 1. The molecule has 2 aliphatic rings. The highest BCUT2D eigenvalue weighted by Gasteiger charge is 2.13. The van der Waals surface area contributed by atoms with Gasteiger partial charge in [-0.2, -0.15) is 0 Å². The van der Waals surface area contributed by atoms with Crippen LogP contribution in [-0.2, 0) is 6.42 Å². The molecule has 2 nitrogen and oxygen atoms in total. The Hall–Kier alpha value is -0.570. The monoisotopic (exact) mass is 309 g/mol. The maximum Gasteiger partial charge on any atom is 0.0540 e. The topological polar surface area (TPSA) is 32.3 Å². The minimum atomic E-state index is 0.0359. The van der Waals surface area contributed by atoms with Gasteiger partial charge < -0.3 is 10.4 Å². The van der Waals surface area contributed by atoms with Gasteiger partial charge in [0, 0.05) is 5.02 Å². The summed E-state index contributed by atoms with van der Waals surface area (Å²) < 4.78 is 0. The Balaban J connectivity index is 0.000000194. The Kier molecular flexibility index (Phi) is 7.56. The van der Waals surface area contributed by atoms with Gasteiger partial charge in [-0.25, -0.2) is 0 Å². The highest BCUT2D eigenvalue weighted by atomic mass is 35.5. The molecule has 21 heavy (non-hydrogen) atoms. The Morgan fingerprint density at radius 1 is 0.952 bits per heavy atom. The van der Waals surface area contributed by atoms with Crippen LogP contribution in [0.4, 0.5) is 0 Å². The van der Waals surface area contributed by atoms with Gasteiger partial charge in [0.05, 0.1) is 6.10 Å². The van der Waals surface area contributed by atoms with Gasteiger partial charge in [0.15, 0.2) is 0 Å². The Bertz CT molecular complexity index is 381. The van der Waals surface area contributed by atoms with Gasteiger partial charge in [-0.15, -0.1) is 0 Å². The van der Waals surface area contributed by atoms with Crippen molar-refractivity contribution in [1.82, 2.24) is 5.32 Å². The van der Waals surface area contributed by atoms with E-state index in [2.05, 4.69) is 17.4 Å². The molecule has 1 saturated carbocycles. The van der Waals surface area contributed by atoms with Gasteiger partial charge in [0.2, 0.25) is 0 Å². The summed E-state index contributed by atoms with van der Waals surface area (Å²) in [7, 11) is 0. The van der Waals surface area contributed by atoms with E-state index >= 15 is 0 Å². The van der Waals surface area contributed by atoms with Gasteiger partial charge >= 0.3 is 0 Å². The molecule has 2 N–H and O–H groups in total. The zero-order valence-corrected chi connectivity index (χ0v) is 13.6. The second kappa shape index (κ2) is 9.45. The Morgan fingerprint density at radius 3 is 2.10 bits per heavy atom. The normalized spacial score (nSPS) is 20.7. The van der Waals surface area contributed by atoms with Crippen molar-refractivity contribution in [2.24, 2.45) is 5.92 Å². The molecule has 3 rings (SSSR count). The zero-order chi connectivity index (χ0) is 14.9. The fraction of sp³-hybridized carbons (Fsp3) is 0.667. The number of aliphatic hydroxyl groups excluding tert-OH is 1. The lowest BCUT2D eigenvalue weighted by Crippen LogP contribution is -2.28. The fourth-order valence-corrected chi connectivity index (χ4v) is 3.25. The van der Waals surface area contributed by atoms with Crippen LogP contribution in [0.3, 0.4) is 0 Å². The van der Waals surface area contributed by atoms with Crippen molar-refractivity contribution in [2.75, 3.05) is 13.1 Å². The van der Waals surface area contributed by atoms with Crippen molar-refractivity contribution in [3.8, 4) is 0 Å². The van der Waals surface area contributed by atoms with Crippen LogP contribution < -0.4 is 5.32 Å². The molecule has 0 radical (unpaired) electrons. The molecule has 1 heterocycles. The van der Waals surface area contributed by atoms with E-state index in [0.717, 1.165) is 23.8 Å². The first-order valence-electron chi connectivity index (χ1n) is 8.37. The molecular weight excluding hydrogens is 282 g/mol. The van der Waals surface area contributed by atoms with E-state index in [-0.39, 0.29) is 6.10 Å². The van der Waals surface area contributed by atoms with Gasteiger partial charge in [0.1, 0.15) is 0 Å². The van der Waals surface area contributed by atoms with Crippen molar-refractivity contribution in [1.29, 1.82) is 0 Å². The number of rotatable bonds is 2. The summed E-state index contributed by atoms with van der Waals surface area (Å²) >= 11 is 5.84. The molecule has 1 aliphatic heterocycles. The number of hydrogen-bond acceptors (Lipinski definition) is 2. The summed E-state index contributed by atoms with van der Waals surface area (Å²) in [5, 5.41) is 13.1. The molecule has 0 unspecified atom stereocenters. The predicted molar refractivity (Wildman–Crippen MR) is 89.8 cm³/mol. The van der Waals surface area contributed by atoms with Gasteiger partial charge in [0.25, 0.3) is 0 Å². The lowest BCUT2D eigenvalue weighted by Gasteiger charge is -2.22. The number of piperidine rings is 1. The predicted octanol–water partition coefficient (Wildman–Crippen LogP) is 4.19. The Morgan fingerprint density at radius 2 is 1.57 bits per heavy atom. The molecular formula is C18H28ClNO. The van der Waals surface area contributed by atoms with Crippen LogP contribution in [-0.4, -0.2) is 24.3 Å². The quantitative estimate of drug-likeness (QED) is 0.858. The maximum absolute atomic E-state index is 8.91. The van der Waals surface area contributed by atoms with E-state index < -0.39 is 0 Å². The van der Waals surface area contributed by atoms with E-state index in [9.17, 15) is 0 Å². The van der Waals surface area contributed by atoms with Crippen LogP contribution in [0.15, 0.2) is 24.3 Å². The number of aliphatic hydroxyl groups is 1.